The molecule has 1 aliphatic rings. The van der Waals surface area contributed by atoms with Crippen LogP contribution in [0.4, 0.5) is 5.13 Å². The Kier molecular flexibility index (Phi) is 5.25. The van der Waals surface area contributed by atoms with E-state index in [1.807, 2.05) is 0 Å². The fourth-order valence-corrected chi connectivity index (χ4v) is 4.30. The lowest BCUT2D eigenvalue weighted by atomic mass is 9.87. The fraction of sp³-hybridized carbons (Fsp3) is 0.727. The number of nitrogens with two attached hydrogens (primary N) is 1. The van der Waals surface area contributed by atoms with Gasteiger partial charge in [0.1, 0.15) is 0 Å². The van der Waals surface area contributed by atoms with Crippen LogP contribution in [0.25, 0.3) is 0 Å². The normalized spacial score (nSPS) is 23.0. The fourth-order valence-electron chi connectivity index (χ4n) is 2.20. The van der Waals surface area contributed by atoms with Crippen molar-refractivity contribution in [1.82, 2.24) is 14.9 Å². The van der Waals surface area contributed by atoms with E-state index < -0.39 is 10.0 Å². The average Bonchev–Trinajstić information content (AvgIpc) is 2.86. The minimum Gasteiger partial charge on any atom is -0.328 e. The van der Waals surface area contributed by atoms with Gasteiger partial charge in [-0.05, 0) is 31.6 Å². The topological polar surface area (TPSA) is 127 Å². The van der Waals surface area contributed by atoms with Gasteiger partial charge in [-0.2, -0.15) is 0 Å². The summed E-state index contributed by atoms with van der Waals surface area (Å²) in [5.41, 5.74) is 5.82. The lowest BCUT2D eigenvalue weighted by molar-refractivity contribution is -0.114. The van der Waals surface area contributed by atoms with E-state index in [1.54, 1.807) is 0 Å². The number of nitrogens with one attached hydrogen (secondary N) is 2. The molecule has 0 aliphatic heterocycles. The maximum absolute atomic E-state index is 12.1. The van der Waals surface area contributed by atoms with Crippen LogP contribution in [0.5, 0.6) is 0 Å². The van der Waals surface area contributed by atoms with Crippen molar-refractivity contribution >= 4 is 32.4 Å². The molecule has 21 heavy (non-hydrogen) atoms. The predicted molar refractivity (Wildman–Crippen MR) is 79.3 cm³/mol. The van der Waals surface area contributed by atoms with Gasteiger partial charge in [0.25, 0.3) is 10.0 Å². The smallest absolute Gasteiger partial charge is 0.269 e. The number of anilines is 1. The highest BCUT2D eigenvalue weighted by molar-refractivity contribution is 7.91. The van der Waals surface area contributed by atoms with Crippen molar-refractivity contribution in [3.8, 4) is 0 Å². The summed E-state index contributed by atoms with van der Waals surface area (Å²) in [4.78, 5) is 10.9. The van der Waals surface area contributed by atoms with Crippen molar-refractivity contribution in [3.63, 3.8) is 0 Å². The summed E-state index contributed by atoms with van der Waals surface area (Å²) in [6, 6.07) is 0.237. The number of aromatic nitrogens is 2. The van der Waals surface area contributed by atoms with Crippen molar-refractivity contribution in [2.45, 2.75) is 43.0 Å². The number of nitrogens with zero attached hydrogens (tertiary/aromatic N) is 2. The molecule has 8 nitrogen and oxygen atoms in total. The van der Waals surface area contributed by atoms with E-state index in [0.717, 1.165) is 37.0 Å². The minimum absolute atomic E-state index is 0.140. The average molecular weight is 333 g/mol. The van der Waals surface area contributed by atoms with E-state index in [4.69, 9.17) is 5.73 Å². The van der Waals surface area contributed by atoms with Crippen LogP contribution >= 0.6 is 11.3 Å². The SMILES string of the molecule is CC(=O)Nc1nnc(S(=O)(=O)NCC2CCC(N)CC2)s1. The van der Waals surface area contributed by atoms with Crippen molar-refractivity contribution < 1.29 is 13.2 Å². The Balaban J connectivity index is 1.92. The molecule has 10 heteroatoms. The van der Waals surface area contributed by atoms with E-state index >= 15 is 0 Å². The van der Waals surface area contributed by atoms with Gasteiger partial charge in [-0.3, -0.25) is 4.79 Å². The maximum atomic E-state index is 12.1. The number of carbonyl (C=O) groups excluding carboxylic acids is 1. The number of rotatable bonds is 5. The first-order chi connectivity index (χ1) is 9.87. The Labute approximate surface area is 127 Å². The van der Waals surface area contributed by atoms with Gasteiger partial charge < -0.3 is 11.1 Å². The first-order valence-electron chi connectivity index (χ1n) is 6.73. The van der Waals surface area contributed by atoms with Crippen molar-refractivity contribution in [1.29, 1.82) is 0 Å². The van der Waals surface area contributed by atoms with E-state index in [-0.39, 0.29) is 21.4 Å². The third-order valence-corrected chi connectivity index (χ3v) is 6.00. The van der Waals surface area contributed by atoms with Crippen LogP contribution < -0.4 is 15.8 Å². The number of sulfonamides is 1. The zero-order valence-electron chi connectivity index (χ0n) is 11.7. The second kappa shape index (κ2) is 6.77. The third-order valence-electron chi connectivity index (χ3n) is 3.37. The van der Waals surface area contributed by atoms with Crippen molar-refractivity contribution in [2.24, 2.45) is 11.7 Å². The van der Waals surface area contributed by atoms with E-state index in [0.29, 0.717) is 12.5 Å². The number of amides is 1. The molecule has 0 aromatic carbocycles. The minimum atomic E-state index is -3.68. The molecule has 1 saturated carbocycles. The number of hydrogen-bond acceptors (Lipinski definition) is 7. The molecule has 1 aliphatic carbocycles. The van der Waals surface area contributed by atoms with Crippen molar-refractivity contribution in [2.75, 3.05) is 11.9 Å². The van der Waals surface area contributed by atoms with E-state index in [9.17, 15) is 13.2 Å². The summed E-state index contributed by atoms with van der Waals surface area (Å²) < 4.78 is 26.6. The largest absolute Gasteiger partial charge is 0.328 e. The lowest BCUT2D eigenvalue weighted by Crippen LogP contribution is -2.34. The van der Waals surface area contributed by atoms with Crippen LogP contribution in [0.15, 0.2) is 4.34 Å². The van der Waals surface area contributed by atoms with Gasteiger partial charge in [-0.25, -0.2) is 13.1 Å². The van der Waals surface area contributed by atoms with Crippen LogP contribution in [0.1, 0.15) is 32.6 Å². The molecule has 0 atom stereocenters. The summed E-state index contributed by atoms with van der Waals surface area (Å²) in [5, 5.41) is 9.81. The molecule has 0 spiro atoms. The van der Waals surface area contributed by atoms with Gasteiger partial charge in [-0.15, -0.1) is 10.2 Å². The van der Waals surface area contributed by atoms with Gasteiger partial charge in [0, 0.05) is 19.5 Å². The van der Waals surface area contributed by atoms with Gasteiger partial charge >= 0.3 is 0 Å². The van der Waals surface area contributed by atoms with Crippen LogP contribution in [0, 0.1) is 5.92 Å². The third kappa shape index (κ3) is 4.70. The maximum Gasteiger partial charge on any atom is 0.269 e. The Morgan fingerprint density at radius 3 is 2.62 bits per heavy atom. The molecule has 0 bridgehead atoms. The van der Waals surface area contributed by atoms with Crippen molar-refractivity contribution in [3.05, 3.63) is 0 Å². The Morgan fingerprint density at radius 1 is 1.33 bits per heavy atom. The van der Waals surface area contributed by atoms with Gasteiger partial charge in [0.2, 0.25) is 15.4 Å². The highest BCUT2D eigenvalue weighted by Crippen LogP contribution is 2.24. The summed E-state index contributed by atoms with van der Waals surface area (Å²) in [6.07, 6.45) is 3.71. The summed E-state index contributed by atoms with van der Waals surface area (Å²) in [5.74, 6) is -0.0103. The molecule has 2 rings (SSSR count). The molecule has 0 saturated heterocycles. The predicted octanol–water partition coefficient (Wildman–Crippen LogP) is 0.292. The standard InChI is InChI=1S/C11H19N5O3S2/c1-7(17)14-10-15-16-11(20-10)21(18,19)13-6-8-2-4-9(12)5-3-8/h8-9,13H,2-6,12H2,1H3,(H,14,15,17). The molecular formula is C11H19N5O3S2. The first kappa shape index (κ1) is 16.3. The second-order valence-electron chi connectivity index (χ2n) is 5.19. The van der Waals surface area contributed by atoms with Gasteiger partial charge in [-0.1, -0.05) is 11.3 Å². The molecule has 4 N–H and O–H groups in total. The summed E-state index contributed by atoms with van der Waals surface area (Å²) in [7, 11) is -3.68. The van der Waals surface area contributed by atoms with E-state index in [1.165, 1.54) is 6.92 Å². The molecule has 118 valence electrons. The summed E-state index contributed by atoms with van der Waals surface area (Å²) >= 11 is 0.831. The molecule has 1 amide bonds. The monoisotopic (exact) mass is 333 g/mol. The molecule has 1 fully saturated rings. The zero-order chi connectivity index (χ0) is 15.5. The molecule has 0 unspecified atom stereocenters. The number of hydrogen-bond donors (Lipinski definition) is 3. The molecular weight excluding hydrogens is 314 g/mol. The quantitative estimate of drug-likeness (QED) is 0.665. The molecule has 1 aromatic heterocycles. The first-order valence-corrected chi connectivity index (χ1v) is 9.03. The molecule has 1 heterocycles. The van der Waals surface area contributed by atoms with Crippen LogP contribution in [-0.4, -0.2) is 37.1 Å². The highest BCUT2D eigenvalue weighted by Gasteiger charge is 2.24. The Morgan fingerprint density at radius 2 is 2.00 bits per heavy atom. The molecule has 1 aromatic rings. The Bertz CT molecular complexity index is 593. The number of carbonyl (C=O) groups is 1. The molecule has 0 radical (unpaired) electrons. The van der Waals surface area contributed by atoms with Crippen LogP contribution in [0.3, 0.4) is 0 Å². The zero-order valence-corrected chi connectivity index (χ0v) is 13.3. The van der Waals surface area contributed by atoms with Gasteiger partial charge in [0.15, 0.2) is 0 Å². The van der Waals surface area contributed by atoms with Crippen LogP contribution in [0.2, 0.25) is 0 Å². The van der Waals surface area contributed by atoms with E-state index in [2.05, 4.69) is 20.2 Å². The second-order valence-corrected chi connectivity index (χ2v) is 8.11. The van der Waals surface area contributed by atoms with Crippen LogP contribution in [-0.2, 0) is 14.8 Å². The highest BCUT2D eigenvalue weighted by atomic mass is 32.2. The Hall–Kier alpha value is -1.10. The van der Waals surface area contributed by atoms with Gasteiger partial charge in [0.05, 0.1) is 0 Å². The summed E-state index contributed by atoms with van der Waals surface area (Å²) in [6.45, 7) is 1.70. The lowest BCUT2D eigenvalue weighted by Gasteiger charge is -2.25.